The maximum Gasteiger partial charge on any atom is 0.268 e. The van der Waals surface area contributed by atoms with Crippen molar-refractivity contribution >= 4 is 16.5 Å². The van der Waals surface area contributed by atoms with Gasteiger partial charge in [-0.3, -0.25) is 0 Å². The first-order valence-electron chi connectivity index (χ1n) is 3.91. The van der Waals surface area contributed by atoms with Crippen LogP contribution in [0.3, 0.4) is 0 Å². The number of thiazole rings is 1. The van der Waals surface area contributed by atoms with Crippen molar-refractivity contribution in [1.29, 1.82) is 0 Å². The predicted octanol–water partition coefficient (Wildman–Crippen LogP) is 1.15. The Morgan fingerprint density at radius 3 is 2.42 bits per heavy atom. The highest BCUT2D eigenvalue weighted by atomic mass is 32.1. The summed E-state index contributed by atoms with van der Waals surface area (Å²) in [6, 6.07) is 0. The van der Waals surface area contributed by atoms with E-state index in [2.05, 4.69) is 9.88 Å². The van der Waals surface area contributed by atoms with Gasteiger partial charge in [0.15, 0.2) is 5.13 Å². The fraction of sp³-hybridized carbons (Fsp3) is 0.571. The molecule has 5 heteroatoms. The van der Waals surface area contributed by atoms with E-state index in [-0.39, 0.29) is 10.9 Å². The molecule has 66 valence electrons. The topological polar surface area (TPSA) is 56.6 Å². The van der Waals surface area contributed by atoms with Gasteiger partial charge >= 0.3 is 0 Å². The highest BCUT2D eigenvalue weighted by molar-refractivity contribution is 7.17. The number of hydrogen-bond donors (Lipinski definition) is 2. The van der Waals surface area contributed by atoms with Crippen LogP contribution in [0.15, 0.2) is 0 Å². The van der Waals surface area contributed by atoms with Crippen molar-refractivity contribution in [1.82, 2.24) is 4.98 Å². The summed E-state index contributed by atoms with van der Waals surface area (Å²) in [4.78, 5) is 5.92. The van der Waals surface area contributed by atoms with E-state index in [9.17, 15) is 0 Å². The van der Waals surface area contributed by atoms with Gasteiger partial charge < -0.3 is 15.1 Å². The molecule has 2 N–H and O–H groups in total. The first-order valence-corrected chi connectivity index (χ1v) is 4.73. The number of rotatable bonds is 1. The molecule has 1 aliphatic rings. The second-order valence-corrected chi connectivity index (χ2v) is 3.78. The second kappa shape index (κ2) is 2.82. The van der Waals surface area contributed by atoms with Crippen LogP contribution in [-0.4, -0.2) is 28.3 Å². The van der Waals surface area contributed by atoms with Crippen LogP contribution in [0.5, 0.6) is 10.9 Å². The van der Waals surface area contributed by atoms with E-state index >= 15 is 0 Å². The highest BCUT2D eigenvalue weighted by Crippen LogP contribution is 2.37. The minimum absolute atomic E-state index is 0.0862. The summed E-state index contributed by atoms with van der Waals surface area (Å²) in [7, 11) is 0. The molecule has 0 radical (unpaired) electrons. The van der Waals surface area contributed by atoms with Crippen LogP contribution < -0.4 is 4.90 Å². The van der Waals surface area contributed by atoms with E-state index in [1.165, 1.54) is 12.8 Å². The van der Waals surface area contributed by atoms with Crippen LogP contribution in [0, 0.1) is 0 Å². The summed E-state index contributed by atoms with van der Waals surface area (Å²) in [6.45, 7) is 1.96. The molecule has 1 aromatic heterocycles. The zero-order valence-electron chi connectivity index (χ0n) is 6.53. The number of nitrogens with zero attached hydrogens (tertiary/aromatic N) is 2. The molecule has 0 unspecified atom stereocenters. The third-order valence-electron chi connectivity index (χ3n) is 1.96. The van der Waals surface area contributed by atoms with Crippen LogP contribution in [0.1, 0.15) is 12.8 Å². The van der Waals surface area contributed by atoms with Gasteiger partial charge in [-0.2, -0.15) is 4.98 Å². The number of aromatic nitrogens is 1. The van der Waals surface area contributed by atoms with Crippen molar-refractivity contribution in [2.45, 2.75) is 12.8 Å². The summed E-state index contributed by atoms with van der Waals surface area (Å²) < 4.78 is 0. The minimum Gasteiger partial charge on any atom is -0.496 e. The molecule has 12 heavy (non-hydrogen) atoms. The summed E-state index contributed by atoms with van der Waals surface area (Å²) in [5.41, 5.74) is 0. The molecule has 1 aromatic rings. The Bertz CT molecular complexity index is 261. The van der Waals surface area contributed by atoms with E-state index < -0.39 is 0 Å². The van der Waals surface area contributed by atoms with Gasteiger partial charge in [0.2, 0.25) is 5.06 Å². The molecule has 1 aliphatic heterocycles. The molecule has 4 nitrogen and oxygen atoms in total. The molecule has 0 aromatic carbocycles. The molecule has 2 rings (SSSR count). The van der Waals surface area contributed by atoms with E-state index in [4.69, 9.17) is 10.2 Å². The van der Waals surface area contributed by atoms with Crippen LogP contribution in [-0.2, 0) is 0 Å². The number of anilines is 1. The summed E-state index contributed by atoms with van der Waals surface area (Å²) in [5.74, 6) is -0.248. The zero-order chi connectivity index (χ0) is 8.55. The molecule has 0 atom stereocenters. The highest BCUT2D eigenvalue weighted by Gasteiger charge is 2.18. The summed E-state index contributed by atoms with van der Waals surface area (Å²) in [5, 5.41) is 18.7. The molecular weight excluding hydrogens is 176 g/mol. The van der Waals surface area contributed by atoms with Crippen molar-refractivity contribution < 1.29 is 10.2 Å². The Hall–Kier alpha value is -0.970. The zero-order valence-corrected chi connectivity index (χ0v) is 7.34. The van der Waals surface area contributed by atoms with E-state index in [0.29, 0.717) is 0 Å². The van der Waals surface area contributed by atoms with Gasteiger partial charge in [0.1, 0.15) is 0 Å². The maximum atomic E-state index is 9.08. The molecule has 1 saturated heterocycles. The first kappa shape index (κ1) is 7.67. The lowest BCUT2D eigenvalue weighted by molar-refractivity contribution is 0.401. The maximum absolute atomic E-state index is 9.08. The van der Waals surface area contributed by atoms with Crippen LogP contribution in [0.4, 0.5) is 5.13 Å². The summed E-state index contributed by atoms with van der Waals surface area (Å²) >= 11 is 1.13. The van der Waals surface area contributed by atoms with Crippen molar-refractivity contribution in [2.24, 2.45) is 0 Å². The Morgan fingerprint density at radius 2 is 1.92 bits per heavy atom. The SMILES string of the molecule is Oc1nc(N2CCCC2)sc1O. The smallest absolute Gasteiger partial charge is 0.268 e. The van der Waals surface area contributed by atoms with Crippen molar-refractivity contribution in [3.05, 3.63) is 0 Å². The Balaban J connectivity index is 2.21. The largest absolute Gasteiger partial charge is 0.496 e. The van der Waals surface area contributed by atoms with Gasteiger partial charge in [0.25, 0.3) is 5.88 Å². The lowest BCUT2D eigenvalue weighted by Gasteiger charge is -2.11. The quantitative estimate of drug-likeness (QED) is 0.691. The Labute approximate surface area is 74.1 Å². The monoisotopic (exact) mass is 186 g/mol. The van der Waals surface area contributed by atoms with Gasteiger partial charge in [0, 0.05) is 13.1 Å². The van der Waals surface area contributed by atoms with Crippen LogP contribution >= 0.6 is 11.3 Å². The number of hydrogen-bond acceptors (Lipinski definition) is 5. The average molecular weight is 186 g/mol. The standard InChI is InChI=1S/C7H10N2O2S/c10-5-6(11)12-7(8-5)9-3-1-2-4-9/h10-11H,1-4H2. The second-order valence-electron chi connectivity index (χ2n) is 2.82. The van der Waals surface area contributed by atoms with Crippen LogP contribution in [0.2, 0.25) is 0 Å². The third-order valence-corrected chi connectivity index (χ3v) is 2.87. The fourth-order valence-corrected chi connectivity index (χ4v) is 2.09. The Kier molecular flexibility index (Phi) is 1.80. The van der Waals surface area contributed by atoms with Crippen molar-refractivity contribution in [2.75, 3.05) is 18.0 Å². The molecular formula is C7H10N2O2S. The van der Waals surface area contributed by atoms with E-state index in [1.807, 2.05) is 0 Å². The molecule has 2 heterocycles. The molecule has 0 aliphatic carbocycles. The number of aromatic hydroxyl groups is 2. The normalized spacial score (nSPS) is 17.2. The van der Waals surface area contributed by atoms with Crippen molar-refractivity contribution in [3.63, 3.8) is 0 Å². The molecule has 1 fully saturated rings. The summed E-state index contributed by atoms with van der Waals surface area (Å²) in [6.07, 6.45) is 2.34. The molecule has 0 spiro atoms. The molecule has 0 bridgehead atoms. The molecule has 0 amide bonds. The average Bonchev–Trinajstić information content (AvgIpc) is 2.61. The van der Waals surface area contributed by atoms with E-state index in [1.54, 1.807) is 0 Å². The van der Waals surface area contributed by atoms with E-state index in [0.717, 1.165) is 29.6 Å². The predicted molar refractivity (Wildman–Crippen MR) is 46.9 cm³/mol. The van der Waals surface area contributed by atoms with Gasteiger partial charge in [-0.05, 0) is 12.8 Å². The van der Waals surface area contributed by atoms with Crippen molar-refractivity contribution in [3.8, 4) is 10.9 Å². The van der Waals surface area contributed by atoms with Gasteiger partial charge in [-0.15, -0.1) is 0 Å². The fourth-order valence-electron chi connectivity index (χ4n) is 1.34. The molecule has 0 saturated carbocycles. The first-order chi connectivity index (χ1) is 5.77. The third kappa shape index (κ3) is 1.20. The lowest BCUT2D eigenvalue weighted by Crippen LogP contribution is -2.16. The lowest BCUT2D eigenvalue weighted by atomic mass is 10.4. The van der Waals surface area contributed by atoms with Crippen LogP contribution in [0.25, 0.3) is 0 Å². The van der Waals surface area contributed by atoms with Gasteiger partial charge in [0.05, 0.1) is 0 Å². The Morgan fingerprint density at radius 1 is 1.25 bits per heavy atom. The minimum atomic E-state index is -0.248. The van der Waals surface area contributed by atoms with Gasteiger partial charge in [-0.25, -0.2) is 0 Å². The van der Waals surface area contributed by atoms with Gasteiger partial charge in [-0.1, -0.05) is 11.3 Å².